The predicted molar refractivity (Wildman–Crippen MR) is 39.7 cm³/mol. The normalized spacial score (nSPS) is 10.5. The van der Waals surface area contributed by atoms with Crippen LogP contribution in [0.5, 0.6) is 0 Å². The topological polar surface area (TPSA) is 221 Å². The van der Waals surface area contributed by atoms with Gasteiger partial charge in [-0.1, -0.05) is 0 Å². The zero-order valence-corrected chi connectivity index (χ0v) is 10.3. The molecule has 0 fully saturated rings. The molecule has 0 aliphatic rings. The highest BCUT2D eigenvalue weighted by Gasteiger charge is 2.29. The Morgan fingerprint density at radius 3 is 1.26 bits per heavy atom. The van der Waals surface area contributed by atoms with E-state index in [0.717, 1.165) is 0 Å². The first-order chi connectivity index (χ1) is 7.78. The first-order valence-corrected chi connectivity index (χ1v) is 5.11. The first kappa shape index (κ1) is 22.7. The van der Waals surface area contributed by atoms with Crippen LogP contribution in [0.1, 0.15) is 12.8 Å². The third kappa shape index (κ3) is 16.5. The molecule has 0 saturated carbocycles. The number of aliphatic hydroxyl groups is 1. The van der Waals surface area contributed by atoms with E-state index in [4.69, 9.17) is 22.6 Å². The van der Waals surface area contributed by atoms with Gasteiger partial charge in [0.2, 0.25) is 0 Å². The van der Waals surface area contributed by atoms with Gasteiger partial charge in [0.1, 0.15) is 5.60 Å². The van der Waals surface area contributed by atoms with Gasteiger partial charge < -0.3 is 56.3 Å². The number of hydrogen-bond acceptors (Lipinski definition) is 11. The fraction of sp³-hybridized carbons (Fsp3) is 0.500. The summed E-state index contributed by atoms with van der Waals surface area (Å²) in [5.74, 6) is -5.98. The van der Waals surface area contributed by atoms with Crippen LogP contribution in [0, 0.1) is 0 Å². The van der Waals surface area contributed by atoms with Gasteiger partial charge in [0.05, 0.1) is 5.97 Å². The molecule has 0 rings (SSSR count). The predicted octanol–water partition coefficient (Wildman–Crippen LogP) is -9.59. The number of halogens is 1. The summed E-state index contributed by atoms with van der Waals surface area (Å²) in [6.45, 7) is 0. The monoisotopic (exact) mass is 320 g/mol. The molecule has 1 N–H and O–H groups in total. The van der Waals surface area contributed by atoms with Crippen LogP contribution in [-0.2, 0) is 24.8 Å². The van der Waals surface area contributed by atoms with Gasteiger partial charge in [-0.15, -0.1) is 0 Å². The molecule has 0 radical (unpaired) electrons. The maximum Gasteiger partial charge on any atom is 0.114 e. The Kier molecular flexibility index (Phi) is 10.3. The summed E-state index contributed by atoms with van der Waals surface area (Å²) in [5.41, 5.74) is -2.97. The molecule has 19 heavy (non-hydrogen) atoms. The van der Waals surface area contributed by atoms with Crippen molar-refractivity contribution in [2.45, 2.75) is 18.4 Å². The third-order valence-electron chi connectivity index (χ3n) is 1.25. The number of carboxylic acid groups (broad SMARTS) is 3. The van der Waals surface area contributed by atoms with Gasteiger partial charge in [-0.05, 0) is 0 Å². The van der Waals surface area contributed by atoms with Crippen molar-refractivity contribution in [3.05, 3.63) is 0 Å². The van der Waals surface area contributed by atoms with Crippen molar-refractivity contribution in [1.82, 2.24) is 0 Å². The van der Waals surface area contributed by atoms with Crippen LogP contribution in [0.4, 0.5) is 0 Å². The van der Waals surface area contributed by atoms with Gasteiger partial charge in [0, 0.05) is 35.2 Å². The quantitative estimate of drug-likeness (QED) is 0.369. The van der Waals surface area contributed by atoms with Gasteiger partial charge in [-0.25, -0.2) is 0 Å². The minimum absolute atomic E-state index is 0. The smallest absolute Gasteiger partial charge is 0.114 e. The van der Waals surface area contributed by atoms with E-state index in [1.807, 2.05) is 0 Å². The lowest BCUT2D eigenvalue weighted by atomic mass is 9.96. The lowest BCUT2D eigenvalue weighted by Gasteiger charge is -2.29. The molecule has 0 aromatic heterocycles. The number of carboxylic acids is 3. The maximum absolute atomic E-state index is 10.1. The van der Waals surface area contributed by atoms with E-state index < -0.39 is 46.7 Å². The van der Waals surface area contributed by atoms with Crippen molar-refractivity contribution in [1.29, 1.82) is 0 Å². The lowest BCUT2D eigenvalue weighted by Crippen LogP contribution is -3.00. The average molecular weight is 321 g/mol. The Balaban J connectivity index is -0.000000366. The molecule has 114 valence electrons. The van der Waals surface area contributed by atoms with Crippen LogP contribution in [0.25, 0.3) is 0 Å². The van der Waals surface area contributed by atoms with Gasteiger partial charge >= 0.3 is 0 Å². The first-order valence-electron chi connectivity index (χ1n) is 3.78. The summed E-state index contributed by atoms with van der Waals surface area (Å²) in [6.07, 6.45) is -2.72. The van der Waals surface area contributed by atoms with E-state index >= 15 is 0 Å². The lowest BCUT2D eigenvalue weighted by molar-refractivity contribution is -0.339. The highest BCUT2D eigenvalue weighted by atomic mass is 35.5. The molecule has 0 atom stereocenters. The van der Waals surface area contributed by atoms with Crippen LogP contribution in [-0.4, -0.2) is 46.1 Å². The molecule has 0 bridgehead atoms. The molecule has 0 amide bonds. The van der Waals surface area contributed by atoms with E-state index in [0.29, 0.717) is 0 Å². The van der Waals surface area contributed by atoms with Crippen molar-refractivity contribution < 1.29 is 64.7 Å². The van der Waals surface area contributed by atoms with E-state index in [1.165, 1.54) is 0 Å². The summed E-state index contributed by atoms with van der Waals surface area (Å²) < 4.78 is 34.1. The van der Waals surface area contributed by atoms with Crippen molar-refractivity contribution in [2.24, 2.45) is 0 Å². The van der Waals surface area contributed by atoms with E-state index in [2.05, 4.69) is 0 Å². The molecule has 0 aliphatic carbocycles. The molecule has 0 saturated heterocycles. The maximum atomic E-state index is 10.1. The average Bonchev–Trinajstić information content (AvgIpc) is 1.95. The Morgan fingerprint density at radius 2 is 1.16 bits per heavy atom. The largest absolute Gasteiger partial charge is 1.00 e. The Morgan fingerprint density at radius 1 is 0.947 bits per heavy atom. The molecule has 13 heteroatoms. The Labute approximate surface area is 112 Å². The molecule has 0 unspecified atom stereocenters. The second-order valence-corrected chi connectivity index (χ2v) is 3.64. The van der Waals surface area contributed by atoms with Crippen LogP contribution in [0.3, 0.4) is 0 Å². The highest BCUT2D eigenvalue weighted by Crippen LogP contribution is 2.13. The number of hydrogen-bond donors (Lipinski definition) is 1. The molecular weight excluding hydrogens is 316 g/mol. The fourth-order valence-corrected chi connectivity index (χ4v) is 0.684. The molecule has 0 aromatic carbocycles. The van der Waals surface area contributed by atoms with Gasteiger partial charge in [-0.2, -0.15) is 0 Å². The minimum atomic E-state index is -5.17. The van der Waals surface area contributed by atoms with Crippen LogP contribution in [0.15, 0.2) is 0 Å². The van der Waals surface area contributed by atoms with Crippen molar-refractivity contribution in [3.63, 3.8) is 0 Å². The summed E-state index contributed by atoms with van der Waals surface area (Å²) >= 11 is 0. The van der Waals surface area contributed by atoms with Crippen LogP contribution in [0.2, 0.25) is 0 Å². The van der Waals surface area contributed by atoms with E-state index in [9.17, 15) is 29.7 Å². The second kappa shape index (κ2) is 8.60. The highest BCUT2D eigenvalue weighted by molar-refractivity contribution is 7.79. The molecule has 0 heterocycles. The zero-order valence-electron chi connectivity index (χ0n) is 8.73. The molecule has 0 aliphatic heterocycles. The van der Waals surface area contributed by atoms with Gasteiger partial charge in [0.15, 0.2) is 0 Å². The Bertz CT molecular complexity index is 402. The Hall–Kier alpha value is -1.47. The molecule has 0 spiro atoms. The van der Waals surface area contributed by atoms with Crippen LogP contribution < -0.4 is 27.7 Å². The minimum Gasteiger partial charge on any atom is -1.00 e. The summed E-state index contributed by atoms with van der Waals surface area (Å²) in [5, 5.41) is 38.9. The molecule has 0 aromatic rings. The summed E-state index contributed by atoms with van der Waals surface area (Å²) in [4.78, 5) is 30.0. The third-order valence-corrected chi connectivity index (χ3v) is 1.25. The number of rotatable bonds is 5. The van der Waals surface area contributed by atoms with E-state index in [1.54, 1.807) is 0 Å². The zero-order chi connectivity index (χ0) is 15.1. The number of aliphatic carboxylic acids is 3. The van der Waals surface area contributed by atoms with Crippen LogP contribution >= 0.6 is 0 Å². The fourth-order valence-electron chi connectivity index (χ4n) is 0.684. The number of carbonyl (C=O) groups excluding carboxylic acids is 3. The van der Waals surface area contributed by atoms with Gasteiger partial charge in [0.25, 0.3) is 0 Å². The number of carbonyl (C=O) groups is 3. The van der Waals surface area contributed by atoms with Crippen molar-refractivity contribution in [3.8, 4) is 0 Å². The summed E-state index contributed by atoms with van der Waals surface area (Å²) in [7, 11) is -5.17. The molecule has 11 nitrogen and oxygen atoms in total. The van der Waals surface area contributed by atoms with Gasteiger partial charge in [-0.3, -0.25) is 8.42 Å². The SMILES string of the molecule is O=C([O-])CC(O)(CC(=O)[O-])C(=O)[O-].O=S(=O)([O-])[O-].[Cl-]. The van der Waals surface area contributed by atoms with Crippen molar-refractivity contribution >= 4 is 28.3 Å². The second-order valence-electron chi connectivity index (χ2n) is 2.82. The standard InChI is InChI=1S/C6H8O7.ClH.H2O4S/c7-3(8)1-6(13,5(11)12)2-4(9)10;;1-5(2,3)4/h13H,1-2H2,(H,7,8)(H,9,10)(H,11,12);1H;(H2,1,2,3,4)/p-6. The van der Waals surface area contributed by atoms with Crippen molar-refractivity contribution in [2.75, 3.05) is 0 Å². The summed E-state index contributed by atoms with van der Waals surface area (Å²) in [6, 6.07) is 0. The molecular formula is C6H5ClO11S-6. The van der Waals surface area contributed by atoms with E-state index in [-0.39, 0.29) is 12.4 Å².